The molecule has 0 unspecified atom stereocenters. The molecule has 0 saturated heterocycles. The van der Waals surface area contributed by atoms with Gasteiger partial charge < -0.3 is 39.0 Å². The summed E-state index contributed by atoms with van der Waals surface area (Å²) < 4.78 is 27.5. The number of aromatic hydroxyl groups is 3. The van der Waals surface area contributed by atoms with Crippen molar-refractivity contribution in [1.82, 2.24) is 0 Å². The first-order chi connectivity index (χ1) is 35.4. The molecule has 402 valence electrons. The summed E-state index contributed by atoms with van der Waals surface area (Å²) in [4.78, 5) is 0. The second-order valence-corrected chi connectivity index (χ2v) is 14.4. The molecule has 0 atom stereocenters. The van der Waals surface area contributed by atoms with Gasteiger partial charge in [-0.25, -0.2) is 0 Å². The van der Waals surface area contributed by atoms with Crippen LogP contribution in [0.5, 0.6) is 46.0 Å². The minimum atomic E-state index is 0.252. The maximum absolute atomic E-state index is 9.66. The largest absolute Gasteiger partial charge is 0.508 e. The highest BCUT2D eigenvalue weighted by Gasteiger charge is 2.07. The third-order valence-electron chi connectivity index (χ3n) is 9.33. The van der Waals surface area contributed by atoms with Gasteiger partial charge in [0.1, 0.15) is 65.8 Å². The van der Waals surface area contributed by atoms with Gasteiger partial charge in [0.05, 0.1) is 14.2 Å². The Balaban J connectivity index is -0.000000843. The van der Waals surface area contributed by atoms with Crippen molar-refractivity contribution in [2.75, 3.05) is 14.2 Å². The molecule has 7 aromatic rings. The van der Waals surface area contributed by atoms with Crippen molar-refractivity contribution < 1.29 is 39.0 Å². The molecule has 8 nitrogen and oxygen atoms in total. The molecule has 0 spiro atoms. The van der Waals surface area contributed by atoms with Crippen molar-refractivity contribution in [2.24, 2.45) is 0 Å². The van der Waals surface area contributed by atoms with E-state index in [0.29, 0.717) is 31.3 Å². The Labute approximate surface area is 443 Å². The molecule has 0 bridgehead atoms. The van der Waals surface area contributed by atoms with E-state index in [1.807, 2.05) is 228 Å². The van der Waals surface area contributed by atoms with Crippen LogP contribution in [-0.2, 0) is 19.8 Å². The highest BCUT2D eigenvalue weighted by Crippen LogP contribution is 2.30. The monoisotopic (exact) mass is 1000 g/mol. The number of hydrogen-bond donors (Lipinski definition) is 3. The van der Waals surface area contributed by atoms with E-state index in [4.69, 9.17) is 33.9 Å². The summed E-state index contributed by atoms with van der Waals surface area (Å²) >= 11 is 0. The molecule has 0 radical (unpaired) electrons. The van der Waals surface area contributed by atoms with Crippen molar-refractivity contribution in [3.63, 3.8) is 0 Å². The Kier molecular flexibility index (Phi) is 43.1. The van der Waals surface area contributed by atoms with Crippen molar-refractivity contribution >= 4 is 0 Å². The van der Waals surface area contributed by atoms with Gasteiger partial charge in [-0.15, -0.1) is 0 Å². The molecular formula is C65H94O8. The lowest BCUT2D eigenvalue weighted by Crippen LogP contribution is -1.97. The third kappa shape index (κ3) is 29.2. The van der Waals surface area contributed by atoms with Crippen LogP contribution in [0.3, 0.4) is 0 Å². The first-order valence-electron chi connectivity index (χ1n) is 26.0. The summed E-state index contributed by atoms with van der Waals surface area (Å²) in [6, 6.07) is 48.0. The number of phenols is 3. The zero-order chi connectivity index (χ0) is 56.1. The minimum absolute atomic E-state index is 0.252. The number of benzene rings is 7. The molecule has 0 saturated carbocycles. The molecule has 7 rings (SSSR count). The van der Waals surface area contributed by atoms with E-state index in [-0.39, 0.29) is 5.75 Å². The number of methoxy groups -OCH3 is 2. The molecule has 3 N–H and O–H groups in total. The van der Waals surface area contributed by atoms with Crippen LogP contribution >= 0.6 is 0 Å². The van der Waals surface area contributed by atoms with E-state index in [2.05, 4.69) is 12.1 Å². The van der Waals surface area contributed by atoms with Gasteiger partial charge in [-0.1, -0.05) is 174 Å². The summed E-state index contributed by atoms with van der Waals surface area (Å²) in [5.74, 6) is 5.11. The number of phenolic OH excluding ortho intramolecular Hbond substituents is 3. The second-order valence-electron chi connectivity index (χ2n) is 14.4. The molecule has 0 fully saturated rings. The van der Waals surface area contributed by atoms with Crippen LogP contribution in [0.4, 0.5) is 0 Å². The summed E-state index contributed by atoms with van der Waals surface area (Å²) in [6.07, 6.45) is 0. The van der Waals surface area contributed by atoms with Gasteiger partial charge in [-0.3, -0.25) is 0 Å². The fourth-order valence-electron chi connectivity index (χ4n) is 6.33. The quantitative estimate of drug-likeness (QED) is 0.118. The Morgan fingerprint density at radius 1 is 0.301 bits per heavy atom. The molecule has 0 aliphatic heterocycles. The molecule has 0 heterocycles. The van der Waals surface area contributed by atoms with E-state index >= 15 is 0 Å². The van der Waals surface area contributed by atoms with E-state index in [1.54, 1.807) is 50.6 Å². The minimum Gasteiger partial charge on any atom is -0.508 e. The summed E-state index contributed by atoms with van der Waals surface area (Å²) in [5, 5.41) is 27.9. The fourth-order valence-corrected chi connectivity index (χ4v) is 6.33. The number of ether oxygens (including phenoxy) is 5. The van der Waals surface area contributed by atoms with Crippen LogP contribution in [0.25, 0.3) is 0 Å². The van der Waals surface area contributed by atoms with Crippen LogP contribution in [-0.4, -0.2) is 29.5 Å². The topological polar surface area (TPSA) is 107 Å². The Morgan fingerprint density at radius 2 is 0.562 bits per heavy atom. The van der Waals surface area contributed by atoms with E-state index in [0.717, 1.165) is 73.3 Å². The Morgan fingerprint density at radius 3 is 0.849 bits per heavy atom. The predicted molar refractivity (Wildman–Crippen MR) is 313 cm³/mol. The van der Waals surface area contributed by atoms with Gasteiger partial charge in [-0.2, -0.15) is 0 Å². The van der Waals surface area contributed by atoms with Gasteiger partial charge in [0.25, 0.3) is 0 Å². The van der Waals surface area contributed by atoms with E-state index < -0.39 is 0 Å². The van der Waals surface area contributed by atoms with Crippen molar-refractivity contribution in [3.8, 4) is 46.0 Å². The lowest BCUT2D eigenvalue weighted by Gasteiger charge is -2.12. The van der Waals surface area contributed by atoms with E-state index in [9.17, 15) is 5.11 Å². The summed E-state index contributed by atoms with van der Waals surface area (Å²) in [6.45, 7) is 37.3. The maximum atomic E-state index is 9.66. The van der Waals surface area contributed by atoms with Gasteiger partial charge >= 0.3 is 0 Å². The van der Waals surface area contributed by atoms with Crippen LogP contribution in [0, 0.1) is 41.5 Å². The molecule has 73 heavy (non-hydrogen) atoms. The first-order valence-corrected chi connectivity index (χ1v) is 26.0. The zero-order valence-corrected chi connectivity index (χ0v) is 48.4. The van der Waals surface area contributed by atoms with Crippen LogP contribution < -0.4 is 23.7 Å². The molecule has 0 aliphatic rings. The zero-order valence-electron chi connectivity index (χ0n) is 48.4. The van der Waals surface area contributed by atoms with E-state index in [1.165, 1.54) is 5.56 Å². The van der Waals surface area contributed by atoms with Crippen molar-refractivity contribution in [1.29, 1.82) is 0 Å². The second kappa shape index (κ2) is 44.8. The summed E-state index contributed by atoms with van der Waals surface area (Å²) in [5.41, 5.74) is 9.24. The van der Waals surface area contributed by atoms with Gasteiger partial charge in [0.2, 0.25) is 0 Å². The van der Waals surface area contributed by atoms with Gasteiger partial charge in [-0.05, 0) is 152 Å². The lowest BCUT2D eigenvalue weighted by atomic mass is 10.1. The van der Waals surface area contributed by atoms with Crippen LogP contribution in [0.2, 0.25) is 0 Å². The highest BCUT2D eigenvalue weighted by molar-refractivity contribution is 5.47. The lowest BCUT2D eigenvalue weighted by molar-refractivity contribution is 0.305. The number of aryl methyl sites for hydroxylation is 6. The molecule has 0 aliphatic carbocycles. The third-order valence-corrected chi connectivity index (χ3v) is 9.33. The molecule has 0 aromatic heterocycles. The fraction of sp³-hybridized carbons (Fsp3) is 0.354. The Hall–Kier alpha value is -7.06. The van der Waals surface area contributed by atoms with Gasteiger partial charge in [0, 0.05) is 0 Å². The molecule has 7 aromatic carbocycles. The van der Waals surface area contributed by atoms with Crippen LogP contribution in [0.15, 0.2) is 152 Å². The predicted octanol–water partition coefficient (Wildman–Crippen LogP) is 18.6. The highest BCUT2D eigenvalue weighted by atomic mass is 16.5. The molecular weight excluding hydrogens is 909 g/mol. The van der Waals surface area contributed by atoms with Crippen molar-refractivity contribution in [2.45, 2.75) is 144 Å². The average molecular weight is 1000 g/mol. The SMILES string of the molecule is CC.CC.CC.CC.CC.CC.COc1c(C)cc(O)cc1C.COc1c(C)cc(OCc2ccccc2)cc1C.Cc1cc(OCc2ccccc2)cc(C)c1O.Oc1ccc(OCc2ccccc2)cc1. The normalized spacial score (nSPS) is 8.88. The molecule has 8 heteroatoms. The smallest absolute Gasteiger partial charge is 0.124 e. The maximum Gasteiger partial charge on any atom is 0.124 e. The molecule has 0 amide bonds. The first kappa shape index (κ1) is 70.2. The van der Waals surface area contributed by atoms with Crippen LogP contribution in [0.1, 0.15) is 133 Å². The average Bonchev–Trinajstić information content (AvgIpc) is 3.43. The number of hydrogen-bond acceptors (Lipinski definition) is 8. The Bertz CT molecular complexity index is 2290. The number of rotatable bonds is 11. The van der Waals surface area contributed by atoms with Gasteiger partial charge in [0.15, 0.2) is 0 Å². The standard InChI is InChI=1S/C16H18O2.C15H16O2.C13H12O2.C9H12O2.6C2H6/c1-12-9-15(10-13(2)16(12)17-3)18-11-14-7-5-4-6-8-14;1-11-8-14(9-12(2)15(11)16)17-10-13-6-4-3-5-7-13;14-12-6-8-13(9-7-12)15-10-11-4-2-1-3-5-11;1-6-4-8(10)5-7(2)9(6)11-3;6*1-2/h4-10H,11H2,1-3H3;3-9,16H,10H2,1-2H3;1-9,14H,10H2;4-5,10H,1-3H3;6*1-2H3. The summed E-state index contributed by atoms with van der Waals surface area (Å²) in [7, 11) is 3.33. The van der Waals surface area contributed by atoms with Crippen molar-refractivity contribution in [3.05, 3.63) is 202 Å².